The maximum absolute atomic E-state index is 3.75. The molecule has 0 aliphatic carbocycles. The van der Waals surface area contributed by atoms with Crippen molar-refractivity contribution in [1.82, 2.24) is 9.97 Å². The van der Waals surface area contributed by atoms with Gasteiger partial charge in [-0.05, 0) is 34.4 Å². The fourth-order valence-corrected chi connectivity index (χ4v) is 4.75. The third kappa shape index (κ3) is 4.34. The van der Waals surface area contributed by atoms with Gasteiger partial charge in [-0.15, -0.1) is 0 Å². The minimum Gasteiger partial charge on any atom is -0.358 e. The zero-order chi connectivity index (χ0) is 23.5. The van der Waals surface area contributed by atoms with Crippen molar-refractivity contribution in [3.8, 4) is 44.8 Å². The molecule has 0 aliphatic rings. The highest BCUT2D eigenvalue weighted by atomic mass is 14.8. The Morgan fingerprint density at radius 3 is 1.03 bits per heavy atom. The van der Waals surface area contributed by atoms with Crippen molar-refractivity contribution >= 4 is 0 Å². The molecule has 0 spiro atoms. The lowest BCUT2D eigenvalue weighted by molar-refractivity contribution is 1.06. The number of rotatable bonds is 6. The zero-order valence-corrected chi connectivity index (χ0v) is 19.4. The Bertz CT molecular complexity index is 1410. The van der Waals surface area contributed by atoms with Crippen LogP contribution >= 0.6 is 0 Å². The van der Waals surface area contributed by atoms with Crippen LogP contribution < -0.4 is 0 Å². The van der Waals surface area contributed by atoms with Gasteiger partial charge in [-0.2, -0.15) is 0 Å². The molecule has 0 saturated heterocycles. The van der Waals surface area contributed by atoms with E-state index in [0.29, 0.717) is 0 Å². The lowest BCUT2D eigenvalue weighted by Crippen LogP contribution is -1.94. The first-order chi connectivity index (χ1) is 17.3. The summed E-state index contributed by atoms with van der Waals surface area (Å²) in [4.78, 5) is 7.51. The number of nitrogens with one attached hydrogen (secondary N) is 2. The monoisotopic (exact) mass is 450 g/mol. The molecule has 0 saturated carbocycles. The number of aromatic amines is 2. The third-order valence-corrected chi connectivity index (χ3v) is 6.49. The molecule has 0 atom stereocenters. The first-order valence-corrected chi connectivity index (χ1v) is 12.0. The lowest BCUT2D eigenvalue weighted by Gasteiger charge is -2.07. The van der Waals surface area contributed by atoms with Gasteiger partial charge in [0, 0.05) is 40.3 Å². The molecule has 0 amide bonds. The largest absolute Gasteiger partial charge is 0.358 e. The smallest absolute Gasteiger partial charge is 0.0462 e. The zero-order valence-electron chi connectivity index (χ0n) is 19.4. The molecule has 0 unspecified atom stereocenters. The van der Waals surface area contributed by atoms with E-state index < -0.39 is 0 Å². The van der Waals surface area contributed by atoms with E-state index in [2.05, 4.69) is 143 Å². The fourth-order valence-electron chi connectivity index (χ4n) is 4.75. The highest BCUT2D eigenvalue weighted by molar-refractivity contribution is 5.77. The van der Waals surface area contributed by atoms with Crippen LogP contribution in [0.4, 0.5) is 0 Å². The summed E-state index contributed by atoms with van der Waals surface area (Å²) in [7, 11) is 0. The summed E-state index contributed by atoms with van der Waals surface area (Å²) in [6, 6.07) is 46.9. The first kappa shape index (κ1) is 21.0. The summed E-state index contributed by atoms with van der Waals surface area (Å²) in [6.07, 6.45) is 0.772. The molecule has 35 heavy (non-hydrogen) atoms. The first-order valence-electron chi connectivity index (χ1n) is 12.0. The van der Waals surface area contributed by atoms with Crippen LogP contribution in [0.5, 0.6) is 0 Å². The van der Waals surface area contributed by atoms with Crippen LogP contribution in [0.3, 0.4) is 0 Å². The van der Waals surface area contributed by atoms with Gasteiger partial charge in [-0.3, -0.25) is 0 Å². The van der Waals surface area contributed by atoms with Gasteiger partial charge in [0.1, 0.15) is 0 Å². The van der Waals surface area contributed by atoms with E-state index in [1.807, 2.05) is 0 Å². The second kappa shape index (κ2) is 9.36. The second-order valence-electron chi connectivity index (χ2n) is 8.79. The van der Waals surface area contributed by atoms with E-state index >= 15 is 0 Å². The molecule has 2 aromatic heterocycles. The lowest BCUT2D eigenvalue weighted by atomic mass is 9.99. The summed E-state index contributed by atoms with van der Waals surface area (Å²) in [5.41, 5.74) is 12.0. The van der Waals surface area contributed by atoms with Crippen molar-refractivity contribution in [3.05, 3.63) is 145 Å². The Kier molecular flexibility index (Phi) is 5.62. The number of hydrogen-bond donors (Lipinski definition) is 2. The minimum atomic E-state index is 0.772. The molecule has 0 aliphatic heterocycles. The molecule has 6 aromatic rings. The minimum absolute atomic E-state index is 0.772. The summed E-state index contributed by atoms with van der Waals surface area (Å²) in [6.45, 7) is 0. The summed E-state index contributed by atoms with van der Waals surface area (Å²) < 4.78 is 0. The number of aromatic nitrogens is 2. The molecule has 168 valence electrons. The van der Waals surface area contributed by atoms with Crippen LogP contribution in [-0.4, -0.2) is 9.97 Å². The van der Waals surface area contributed by atoms with Crippen LogP contribution in [0.2, 0.25) is 0 Å². The summed E-state index contributed by atoms with van der Waals surface area (Å²) in [5, 5.41) is 0. The van der Waals surface area contributed by atoms with Gasteiger partial charge in [-0.1, -0.05) is 121 Å². The quantitative estimate of drug-likeness (QED) is 0.255. The van der Waals surface area contributed by atoms with Crippen molar-refractivity contribution < 1.29 is 0 Å². The molecule has 4 aromatic carbocycles. The normalized spacial score (nSPS) is 11.0. The molecule has 0 bridgehead atoms. The molecule has 6 rings (SSSR count). The van der Waals surface area contributed by atoms with Crippen LogP contribution in [0.1, 0.15) is 11.4 Å². The number of H-pyrrole nitrogens is 2. The Balaban J connectivity index is 1.48. The Morgan fingerprint density at radius 2 is 0.686 bits per heavy atom. The van der Waals surface area contributed by atoms with Gasteiger partial charge in [0.25, 0.3) is 0 Å². The Morgan fingerprint density at radius 1 is 0.371 bits per heavy atom. The maximum atomic E-state index is 3.75. The van der Waals surface area contributed by atoms with Gasteiger partial charge in [-0.25, -0.2) is 0 Å². The average Bonchev–Trinajstić information content (AvgIpc) is 3.56. The van der Waals surface area contributed by atoms with Gasteiger partial charge in [0.2, 0.25) is 0 Å². The van der Waals surface area contributed by atoms with Crippen molar-refractivity contribution in [2.45, 2.75) is 6.42 Å². The second-order valence-corrected chi connectivity index (χ2v) is 8.79. The predicted octanol–water partition coefficient (Wildman–Crippen LogP) is 8.60. The molecule has 0 radical (unpaired) electrons. The SMILES string of the molecule is c1ccc(-c2cc(-c3ccccc3)c(Cc3[nH]c(-c4ccccc4)cc3-c3ccccc3)[nH]2)cc1. The molecule has 2 N–H and O–H groups in total. The van der Waals surface area contributed by atoms with Gasteiger partial charge < -0.3 is 9.97 Å². The predicted molar refractivity (Wildman–Crippen MR) is 146 cm³/mol. The Labute approximate surface area is 206 Å². The fraction of sp³-hybridized carbons (Fsp3) is 0.0303. The molecule has 2 heteroatoms. The Hall–Kier alpha value is -4.56. The third-order valence-electron chi connectivity index (χ3n) is 6.49. The molecule has 2 heterocycles. The van der Waals surface area contributed by atoms with E-state index in [0.717, 1.165) is 17.8 Å². The van der Waals surface area contributed by atoms with Gasteiger partial charge >= 0.3 is 0 Å². The van der Waals surface area contributed by atoms with E-state index in [-0.39, 0.29) is 0 Å². The van der Waals surface area contributed by atoms with Crippen molar-refractivity contribution in [1.29, 1.82) is 0 Å². The van der Waals surface area contributed by atoms with E-state index in [1.54, 1.807) is 0 Å². The van der Waals surface area contributed by atoms with Crippen LogP contribution in [0.15, 0.2) is 133 Å². The van der Waals surface area contributed by atoms with Gasteiger partial charge in [0.05, 0.1) is 0 Å². The molecule has 0 fully saturated rings. The van der Waals surface area contributed by atoms with E-state index in [1.165, 1.54) is 44.8 Å². The number of hydrogen-bond acceptors (Lipinski definition) is 0. The van der Waals surface area contributed by atoms with Crippen molar-refractivity contribution in [3.63, 3.8) is 0 Å². The standard InChI is InChI=1S/C33H26N2/c1-5-13-24(14-6-1)28-21-30(26-17-9-3-10-18-26)34-32(28)23-33-29(25-15-7-2-8-16-25)22-31(35-33)27-19-11-4-12-20-27/h1-22,34-35H,23H2. The highest BCUT2D eigenvalue weighted by Crippen LogP contribution is 2.35. The maximum Gasteiger partial charge on any atom is 0.0462 e. The van der Waals surface area contributed by atoms with Crippen LogP contribution in [0, 0.1) is 0 Å². The topological polar surface area (TPSA) is 31.6 Å². The number of benzene rings is 4. The molecular weight excluding hydrogens is 424 g/mol. The van der Waals surface area contributed by atoms with Gasteiger partial charge in [0.15, 0.2) is 0 Å². The van der Waals surface area contributed by atoms with Crippen molar-refractivity contribution in [2.75, 3.05) is 0 Å². The van der Waals surface area contributed by atoms with E-state index in [9.17, 15) is 0 Å². The van der Waals surface area contributed by atoms with Crippen molar-refractivity contribution in [2.24, 2.45) is 0 Å². The highest BCUT2D eigenvalue weighted by Gasteiger charge is 2.17. The van der Waals surface area contributed by atoms with Crippen LogP contribution in [0.25, 0.3) is 44.8 Å². The van der Waals surface area contributed by atoms with Crippen LogP contribution in [-0.2, 0) is 6.42 Å². The van der Waals surface area contributed by atoms with E-state index in [4.69, 9.17) is 0 Å². The summed E-state index contributed by atoms with van der Waals surface area (Å²) in [5.74, 6) is 0. The average molecular weight is 451 g/mol. The summed E-state index contributed by atoms with van der Waals surface area (Å²) >= 11 is 0. The molecular formula is C33H26N2. The molecule has 2 nitrogen and oxygen atoms in total.